The number of ether oxygens (including phenoxy) is 1. The number of carbonyl (C=O) groups is 1. The monoisotopic (exact) mass is 258 g/mol. The maximum Gasteiger partial charge on any atom is 0.180 e. The summed E-state index contributed by atoms with van der Waals surface area (Å²) in [4.78, 5) is 11.1. The van der Waals surface area contributed by atoms with Crippen molar-refractivity contribution in [2.45, 2.75) is 6.42 Å². The number of hydrogen-bond acceptors (Lipinski definition) is 2. The Labute approximate surface area is 105 Å². The van der Waals surface area contributed by atoms with Crippen LogP contribution in [-0.4, -0.2) is 19.5 Å². The summed E-state index contributed by atoms with van der Waals surface area (Å²) in [6.45, 7) is 0.102. The molecular formula is C12H12Cl2O2. The highest BCUT2D eigenvalue weighted by Gasteiger charge is 1.99. The van der Waals surface area contributed by atoms with Crippen molar-refractivity contribution in [3.63, 3.8) is 0 Å². The molecule has 0 aliphatic rings. The van der Waals surface area contributed by atoms with E-state index in [4.69, 9.17) is 27.9 Å². The third-order valence-electron chi connectivity index (χ3n) is 1.94. The van der Waals surface area contributed by atoms with Gasteiger partial charge in [0.1, 0.15) is 6.61 Å². The van der Waals surface area contributed by atoms with Gasteiger partial charge in [0, 0.05) is 17.2 Å². The number of methoxy groups -OCH3 is 1. The Kier molecular flexibility index (Phi) is 5.53. The Morgan fingerprint density at radius 2 is 2.19 bits per heavy atom. The van der Waals surface area contributed by atoms with E-state index in [0.29, 0.717) is 16.5 Å². The number of ketones is 1. The molecule has 0 aromatic heterocycles. The summed E-state index contributed by atoms with van der Waals surface area (Å²) in [6.07, 6.45) is 3.86. The summed E-state index contributed by atoms with van der Waals surface area (Å²) in [5, 5.41) is 1.21. The summed E-state index contributed by atoms with van der Waals surface area (Å²) < 4.78 is 4.70. The Morgan fingerprint density at radius 3 is 2.81 bits per heavy atom. The lowest BCUT2D eigenvalue weighted by Crippen LogP contribution is -2.01. The third kappa shape index (κ3) is 4.35. The lowest BCUT2D eigenvalue weighted by Gasteiger charge is -2.00. The molecule has 1 aromatic rings. The van der Waals surface area contributed by atoms with Gasteiger partial charge in [-0.05, 0) is 30.2 Å². The topological polar surface area (TPSA) is 26.3 Å². The van der Waals surface area contributed by atoms with Crippen LogP contribution in [0.3, 0.4) is 0 Å². The number of rotatable bonds is 5. The normalized spacial score (nSPS) is 10.9. The van der Waals surface area contributed by atoms with E-state index in [1.54, 1.807) is 18.2 Å². The number of allylic oxidation sites excluding steroid dienone is 1. The minimum atomic E-state index is -0.0624. The fraction of sp³-hybridized carbons (Fsp3) is 0.250. The van der Waals surface area contributed by atoms with Gasteiger partial charge in [0.05, 0.1) is 0 Å². The maximum atomic E-state index is 11.1. The zero-order chi connectivity index (χ0) is 12.0. The van der Waals surface area contributed by atoms with Crippen LogP contribution in [-0.2, 0) is 16.0 Å². The van der Waals surface area contributed by atoms with Crippen molar-refractivity contribution in [1.82, 2.24) is 0 Å². The number of hydrogen-bond donors (Lipinski definition) is 0. The molecule has 0 heterocycles. The van der Waals surface area contributed by atoms with E-state index < -0.39 is 0 Å². The zero-order valence-corrected chi connectivity index (χ0v) is 10.4. The highest BCUT2D eigenvalue weighted by atomic mass is 35.5. The fourth-order valence-electron chi connectivity index (χ4n) is 1.19. The molecule has 1 aromatic carbocycles. The lowest BCUT2D eigenvalue weighted by molar-refractivity contribution is -0.118. The van der Waals surface area contributed by atoms with Crippen LogP contribution >= 0.6 is 23.2 Å². The van der Waals surface area contributed by atoms with Crippen LogP contribution in [0.5, 0.6) is 0 Å². The van der Waals surface area contributed by atoms with Crippen molar-refractivity contribution in [3.8, 4) is 0 Å². The first-order chi connectivity index (χ1) is 7.63. The quantitative estimate of drug-likeness (QED) is 0.758. The van der Waals surface area contributed by atoms with Gasteiger partial charge in [-0.3, -0.25) is 4.79 Å². The van der Waals surface area contributed by atoms with E-state index in [1.807, 2.05) is 6.07 Å². The van der Waals surface area contributed by atoms with E-state index in [-0.39, 0.29) is 12.4 Å². The van der Waals surface area contributed by atoms with Crippen LogP contribution in [0.1, 0.15) is 5.56 Å². The van der Waals surface area contributed by atoms with Gasteiger partial charge in [0.25, 0.3) is 0 Å². The number of carbonyl (C=O) groups excluding carboxylic acids is 1. The van der Waals surface area contributed by atoms with Crippen LogP contribution in [0.15, 0.2) is 30.4 Å². The first kappa shape index (κ1) is 13.2. The van der Waals surface area contributed by atoms with E-state index in [2.05, 4.69) is 0 Å². The molecule has 0 atom stereocenters. The van der Waals surface area contributed by atoms with Gasteiger partial charge < -0.3 is 4.74 Å². The van der Waals surface area contributed by atoms with Crippen molar-refractivity contribution in [1.29, 1.82) is 0 Å². The van der Waals surface area contributed by atoms with Gasteiger partial charge in [0.2, 0.25) is 0 Å². The second-order valence-electron chi connectivity index (χ2n) is 3.24. The molecule has 0 saturated heterocycles. The Balaban J connectivity index is 2.57. The van der Waals surface area contributed by atoms with Crippen LogP contribution in [0.2, 0.25) is 10.0 Å². The van der Waals surface area contributed by atoms with Gasteiger partial charge in [-0.1, -0.05) is 35.3 Å². The molecule has 0 N–H and O–H groups in total. The molecule has 0 bridgehead atoms. The Hall–Kier alpha value is -0.830. The SMILES string of the molecule is COCC(=O)/C=C/Cc1ccc(Cl)cc1Cl. The largest absolute Gasteiger partial charge is 0.377 e. The molecule has 1 rings (SSSR count). The van der Waals surface area contributed by atoms with Gasteiger partial charge in [-0.25, -0.2) is 0 Å². The van der Waals surface area contributed by atoms with Gasteiger partial charge in [0.15, 0.2) is 5.78 Å². The van der Waals surface area contributed by atoms with E-state index in [9.17, 15) is 4.79 Å². The van der Waals surface area contributed by atoms with Crippen molar-refractivity contribution in [2.75, 3.05) is 13.7 Å². The molecule has 0 amide bonds. The molecule has 0 saturated carbocycles. The highest BCUT2D eigenvalue weighted by Crippen LogP contribution is 2.21. The van der Waals surface area contributed by atoms with E-state index in [1.165, 1.54) is 13.2 Å². The molecule has 0 unspecified atom stereocenters. The molecule has 0 aliphatic carbocycles. The average molecular weight is 259 g/mol. The summed E-state index contributed by atoms with van der Waals surface area (Å²) in [6, 6.07) is 5.30. The van der Waals surface area contributed by atoms with Gasteiger partial charge in [-0.15, -0.1) is 0 Å². The third-order valence-corrected chi connectivity index (χ3v) is 2.53. The molecule has 0 aliphatic heterocycles. The van der Waals surface area contributed by atoms with E-state index in [0.717, 1.165) is 5.56 Å². The molecule has 2 nitrogen and oxygen atoms in total. The Morgan fingerprint density at radius 1 is 1.44 bits per heavy atom. The molecule has 4 heteroatoms. The predicted octanol–water partition coefficient (Wildman–Crippen LogP) is 3.31. The van der Waals surface area contributed by atoms with Gasteiger partial charge >= 0.3 is 0 Å². The second kappa shape index (κ2) is 6.69. The summed E-state index contributed by atoms with van der Waals surface area (Å²) >= 11 is 11.7. The van der Waals surface area contributed by atoms with Crippen molar-refractivity contribution in [3.05, 3.63) is 46.0 Å². The van der Waals surface area contributed by atoms with Crippen molar-refractivity contribution < 1.29 is 9.53 Å². The smallest absolute Gasteiger partial charge is 0.180 e. The van der Waals surface area contributed by atoms with Crippen LogP contribution in [0.25, 0.3) is 0 Å². The van der Waals surface area contributed by atoms with Crippen LogP contribution in [0, 0.1) is 0 Å². The molecule has 0 radical (unpaired) electrons. The number of halogens is 2. The fourth-order valence-corrected chi connectivity index (χ4v) is 1.68. The van der Waals surface area contributed by atoms with E-state index >= 15 is 0 Å². The first-order valence-electron chi connectivity index (χ1n) is 4.75. The van der Waals surface area contributed by atoms with Crippen molar-refractivity contribution >= 4 is 29.0 Å². The minimum absolute atomic E-state index is 0.0624. The standard InChI is InChI=1S/C12H12Cl2O2/c1-16-8-11(15)4-2-3-9-5-6-10(13)7-12(9)14/h2,4-7H,3,8H2,1H3/b4-2+. The highest BCUT2D eigenvalue weighted by molar-refractivity contribution is 6.35. The predicted molar refractivity (Wildman–Crippen MR) is 66.2 cm³/mol. The number of benzene rings is 1. The summed E-state index contributed by atoms with van der Waals surface area (Å²) in [5.41, 5.74) is 0.938. The lowest BCUT2D eigenvalue weighted by atomic mass is 10.1. The average Bonchev–Trinajstić information content (AvgIpc) is 2.22. The Bertz CT molecular complexity index is 400. The van der Waals surface area contributed by atoms with Gasteiger partial charge in [-0.2, -0.15) is 0 Å². The molecule has 0 fully saturated rings. The van der Waals surface area contributed by atoms with Crippen molar-refractivity contribution in [2.24, 2.45) is 0 Å². The first-order valence-corrected chi connectivity index (χ1v) is 5.51. The molecule has 86 valence electrons. The minimum Gasteiger partial charge on any atom is -0.377 e. The zero-order valence-electron chi connectivity index (χ0n) is 8.87. The molecule has 0 spiro atoms. The summed E-state index contributed by atoms with van der Waals surface area (Å²) in [5.74, 6) is -0.0624. The second-order valence-corrected chi connectivity index (χ2v) is 4.09. The maximum absolute atomic E-state index is 11.1. The van der Waals surface area contributed by atoms with Crippen LogP contribution < -0.4 is 0 Å². The van der Waals surface area contributed by atoms with Crippen LogP contribution in [0.4, 0.5) is 0 Å². The summed E-state index contributed by atoms with van der Waals surface area (Å²) in [7, 11) is 1.49. The molecule has 16 heavy (non-hydrogen) atoms. The molecular weight excluding hydrogens is 247 g/mol.